The van der Waals surface area contributed by atoms with Crippen molar-refractivity contribution in [2.75, 3.05) is 0 Å². The zero-order chi connectivity index (χ0) is 17.1. The van der Waals surface area contributed by atoms with Crippen LogP contribution in [-0.4, -0.2) is 14.5 Å². The number of aromatic nitrogens is 3. The molecule has 0 radical (unpaired) electrons. The minimum atomic E-state index is 0.772. The Morgan fingerprint density at radius 1 is 1.00 bits per heavy atom. The Labute approximate surface area is 149 Å². The standard InChI is InChI=1S/C21H24N4/c1-16-23-15-20(25(16)19-8-3-2-4-9-19)14-22-13-18-12-11-17-7-5-6-10-21(17)24-18/h2-4,8-9,11-12,15,22H,5-7,10,13-14H2,1H3. The van der Waals surface area contributed by atoms with E-state index in [2.05, 4.69) is 51.3 Å². The molecule has 128 valence electrons. The minimum absolute atomic E-state index is 0.772. The lowest BCUT2D eigenvalue weighted by molar-refractivity contribution is 0.634. The van der Waals surface area contributed by atoms with E-state index >= 15 is 0 Å². The van der Waals surface area contributed by atoms with Crippen LogP contribution in [-0.2, 0) is 25.9 Å². The molecule has 0 saturated heterocycles. The van der Waals surface area contributed by atoms with E-state index in [9.17, 15) is 0 Å². The topological polar surface area (TPSA) is 42.7 Å². The van der Waals surface area contributed by atoms with Crippen LogP contribution in [0.15, 0.2) is 48.7 Å². The van der Waals surface area contributed by atoms with E-state index < -0.39 is 0 Å². The molecule has 0 spiro atoms. The van der Waals surface area contributed by atoms with Gasteiger partial charge in [0.25, 0.3) is 0 Å². The van der Waals surface area contributed by atoms with Crippen LogP contribution in [0.25, 0.3) is 5.69 Å². The molecule has 25 heavy (non-hydrogen) atoms. The van der Waals surface area contributed by atoms with Gasteiger partial charge < -0.3 is 5.32 Å². The summed E-state index contributed by atoms with van der Waals surface area (Å²) in [7, 11) is 0. The molecule has 0 atom stereocenters. The highest BCUT2D eigenvalue weighted by Gasteiger charge is 2.11. The van der Waals surface area contributed by atoms with E-state index in [0.717, 1.165) is 36.7 Å². The second-order valence-corrected chi connectivity index (χ2v) is 6.69. The van der Waals surface area contributed by atoms with Gasteiger partial charge in [0, 0.05) is 24.5 Å². The quantitative estimate of drug-likeness (QED) is 0.774. The molecule has 4 nitrogen and oxygen atoms in total. The van der Waals surface area contributed by atoms with E-state index in [1.54, 1.807) is 0 Å². The van der Waals surface area contributed by atoms with Crippen LogP contribution in [0.2, 0.25) is 0 Å². The molecule has 0 aliphatic heterocycles. The summed E-state index contributed by atoms with van der Waals surface area (Å²) >= 11 is 0. The number of hydrogen-bond acceptors (Lipinski definition) is 3. The number of rotatable bonds is 5. The normalized spacial score (nSPS) is 13.6. The van der Waals surface area contributed by atoms with E-state index in [1.807, 2.05) is 19.2 Å². The number of pyridine rings is 1. The highest BCUT2D eigenvalue weighted by Crippen LogP contribution is 2.19. The monoisotopic (exact) mass is 332 g/mol. The van der Waals surface area contributed by atoms with Gasteiger partial charge in [-0.05, 0) is 56.4 Å². The maximum atomic E-state index is 4.85. The van der Waals surface area contributed by atoms with Crippen molar-refractivity contribution in [3.8, 4) is 5.69 Å². The molecule has 0 amide bonds. The summed E-state index contributed by atoms with van der Waals surface area (Å²) in [5.41, 5.74) is 6.19. The van der Waals surface area contributed by atoms with Gasteiger partial charge in [-0.15, -0.1) is 0 Å². The molecule has 2 heterocycles. The molecule has 2 aromatic heterocycles. The molecule has 0 saturated carbocycles. The zero-order valence-electron chi connectivity index (χ0n) is 14.7. The van der Waals surface area contributed by atoms with Crippen LogP contribution in [0.1, 0.15) is 41.3 Å². The van der Waals surface area contributed by atoms with E-state index in [4.69, 9.17) is 4.98 Å². The fourth-order valence-corrected chi connectivity index (χ4v) is 3.59. The van der Waals surface area contributed by atoms with Crippen molar-refractivity contribution in [3.05, 3.63) is 77.1 Å². The number of aryl methyl sites for hydroxylation is 3. The van der Waals surface area contributed by atoms with Crippen molar-refractivity contribution in [1.82, 2.24) is 19.9 Å². The fourth-order valence-electron chi connectivity index (χ4n) is 3.59. The summed E-state index contributed by atoms with van der Waals surface area (Å²) in [5.74, 6) is 1.01. The summed E-state index contributed by atoms with van der Waals surface area (Å²) in [6.07, 6.45) is 6.84. The van der Waals surface area contributed by atoms with Crippen LogP contribution < -0.4 is 5.32 Å². The predicted octanol–water partition coefficient (Wildman–Crippen LogP) is 3.74. The number of hydrogen-bond donors (Lipinski definition) is 1. The zero-order valence-corrected chi connectivity index (χ0v) is 14.7. The van der Waals surface area contributed by atoms with Crippen LogP contribution >= 0.6 is 0 Å². The Kier molecular flexibility index (Phi) is 4.61. The summed E-state index contributed by atoms with van der Waals surface area (Å²) in [6, 6.07) is 14.8. The lowest BCUT2D eigenvalue weighted by Gasteiger charge is -2.16. The van der Waals surface area contributed by atoms with Gasteiger partial charge in [-0.2, -0.15) is 0 Å². The summed E-state index contributed by atoms with van der Waals surface area (Å²) in [5, 5.41) is 3.52. The first kappa shape index (κ1) is 16.0. The van der Waals surface area contributed by atoms with Gasteiger partial charge in [0.2, 0.25) is 0 Å². The highest BCUT2D eigenvalue weighted by atomic mass is 15.1. The maximum Gasteiger partial charge on any atom is 0.110 e. The predicted molar refractivity (Wildman–Crippen MR) is 99.7 cm³/mol. The molecule has 0 unspecified atom stereocenters. The first-order valence-electron chi connectivity index (χ1n) is 9.08. The Morgan fingerprint density at radius 3 is 2.72 bits per heavy atom. The fraction of sp³-hybridized carbons (Fsp3) is 0.333. The minimum Gasteiger partial charge on any atom is -0.306 e. The van der Waals surface area contributed by atoms with Gasteiger partial charge in [-0.3, -0.25) is 9.55 Å². The van der Waals surface area contributed by atoms with Gasteiger partial charge in [0.15, 0.2) is 0 Å². The molecule has 3 aromatic rings. The average Bonchev–Trinajstić information content (AvgIpc) is 3.03. The number of fused-ring (bicyclic) bond motifs is 1. The van der Waals surface area contributed by atoms with Crippen molar-refractivity contribution < 1.29 is 0 Å². The second-order valence-electron chi connectivity index (χ2n) is 6.69. The summed E-state index contributed by atoms with van der Waals surface area (Å²) < 4.78 is 2.20. The van der Waals surface area contributed by atoms with E-state index in [0.29, 0.717) is 0 Å². The number of imidazole rings is 1. The summed E-state index contributed by atoms with van der Waals surface area (Å²) in [4.78, 5) is 9.33. The van der Waals surface area contributed by atoms with Crippen LogP contribution in [0.5, 0.6) is 0 Å². The largest absolute Gasteiger partial charge is 0.306 e. The molecule has 1 aliphatic rings. The molecule has 1 aliphatic carbocycles. The van der Waals surface area contributed by atoms with Gasteiger partial charge in [0.1, 0.15) is 5.82 Å². The van der Waals surface area contributed by atoms with E-state index in [1.165, 1.54) is 36.2 Å². The van der Waals surface area contributed by atoms with Crippen LogP contribution in [0.4, 0.5) is 0 Å². The lowest BCUT2D eigenvalue weighted by Crippen LogP contribution is -2.17. The lowest BCUT2D eigenvalue weighted by atomic mass is 9.96. The van der Waals surface area contributed by atoms with Crippen molar-refractivity contribution in [1.29, 1.82) is 0 Å². The number of nitrogens with zero attached hydrogens (tertiary/aromatic N) is 3. The SMILES string of the molecule is Cc1ncc(CNCc2ccc3c(n2)CCCC3)n1-c1ccccc1. The first-order chi connectivity index (χ1) is 12.3. The summed E-state index contributed by atoms with van der Waals surface area (Å²) in [6.45, 7) is 3.60. The first-order valence-corrected chi connectivity index (χ1v) is 9.08. The molecule has 0 bridgehead atoms. The van der Waals surface area contributed by atoms with Gasteiger partial charge in [-0.1, -0.05) is 24.3 Å². The van der Waals surface area contributed by atoms with Crippen molar-refractivity contribution >= 4 is 0 Å². The molecule has 1 aromatic carbocycles. The number of benzene rings is 1. The molecule has 0 fully saturated rings. The molecule has 4 rings (SSSR count). The van der Waals surface area contributed by atoms with Gasteiger partial charge in [-0.25, -0.2) is 4.98 Å². The Morgan fingerprint density at radius 2 is 1.84 bits per heavy atom. The third-order valence-corrected chi connectivity index (χ3v) is 4.87. The maximum absolute atomic E-state index is 4.85. The van der Waals surface area contributed by atoms with Crippen LogP contribution in [0.3, 0.4) is 0 Å². The number of nitrogens with one attached hydrogen (secondary N) is 1. The van der Waals surface area contributed by atoms with Gasteiger partial charge >= 0.3 is 0 Å². The third kappa shape index (κ3) is 3.49. The Bertz CT molecular complexity index is 852. The van der Waals surface area contributed by atoms with Crippen molar-refractivity contribution in [2.45, 2.75) is 45.7 Å². The Balaban J connectivity index is 1.44. The second kappa shape index (κ2) is 7.19. The molecule has 4 heteroatoms. The molecule has 1 N–H and O–H groups in total. The third-order valence-electron chi connectivity index (χ3n) is 4.87. The van der Waals surface area contributed by atoms with Crippen LogP contribution in [0, 0.1) is 6.92 Å². The van der Waals surface area contributed by atoms with Crippen molar-refractivity contribution in [3.63, 3.8) is 0 Å². The highest BCUT2D eigenvalue weighted by molar-refractivity contribution is 5.35. The van der Waals surface area contributed by atoms with Gasteiger partial charge in [0.05, 0.1) is 17.6 Å². The Hall–Kier alpha value is -2.46. The number of para-hydroxylation sites is 1. The average molecular weight is 332 g/mol. The molecular formula is C21H24N4. The smallest absolute Gasteiger partial charge is 0.110 e. The van der Waals surface area contributed by atoms with E-state index in [-0.39, 0.29) is 0 Å². The molecular weight excluding hydrogens is 308 g/mol. The van der Waals surface area contributed by atoms with Crippen molar-refractivity contribution in [2.24, 2.45) is 0 Å².